The Kier molecular flexibility index (Phi) is 2.87. The van der Waals surface area contributed by atoms with Crippen LogP contribution in [-0.4, -0.2) is 30.8 Å². The molecule has 0 atom stereocenters. The van der Waals surface area contributed by atoms with Gasteiger partial charge in [0.2, 0.25) is 0 Å². The van der Waals surface area contributed by atoms with Gasteiger partial charge in [0.1, 0.15) is 11.9 Å². The first-order valence-corrected chi connectivity index (χ1v) is 5.73. The van der Waals surface area contributed by atoms with Crippen LogP contribution in [0.5, 0.6) is 0 Å². The lowest BCUT2D eigenvalue weighted by Gasteiger charge is -2.47. The van der Waals surface area contributed by atoms with Crippen LogP contribution in [0.25, 0.3) is 0 Å². The minimum atomic E-state index is -0.0818. The molecule has 0 radical (unpaired) electrons. The molecule has 1 fully saturated rings. The number of hydrogen-bond donors (Lipinski definition) is 0. The molecular formula is C11H12BrN3O. The van der Waals surface area contributed by atoms with Gasteiger partial charge in [-0.05, 0) is 28.9 Å². The van der Waals surface area contributed by atoms with Crippen molar-refractivity contribution in [2.75, 3.05) is 25.1 Å². The van der Waals surface area contributed by atoms with Crippen molar-refractivity contribution in [2.45, 2.75) is 12.5 Å². The van der Waals surface area contributed by atoms with Gasteiger partial charge in [0.25, 0.3) is 0 Å². The molecule has 16 heavy (non-hydrogen) atoms. The van der Waals surface area contributed by atoms with E-state index in [0.717, 1.165) is 23.4 Å². The number of pyridine rings is 1. The maximum Gasteiger partial charge on any atom is 0.130 e. The lowest BCUT2D eigenvalue weighted by atomic mass is 9.96. The van der Waals surface area contributed by atoms with Gasteiger partial charge in [0.05, 0.1) is 15.6 Å². The Labute approximate surface area is 103 Å². The maximum absolute atomic E-state index is 8.91. The van der Waals surface area contributed by atoms with Gasteiger partial charge in [-0.25, -0.2) is 4.98 Å². The van der Waals surface area contributed by atoms with Crippen molar-refractivity contribution in [1.29, 1.82) is 5.26 Å². The summed E-state index contributed by atoms with van der Waals surface area (Å²) in [7, 11) is 1.72. The summed E-state index contributed by atoms with van der Waals surface area (Å²) in [4.78, 5) is 6.38. The maximum atomic E-state index is 8.91. The predicted molar refractivity (Wildman–Crippen MR) is 64.3 cm³/mol. The van der Waals surface area contributed by atoms with E-state index in [1.165, 1.54) is 0 Å². The molecule has 0 unspecified atom stereocenters. The lowest BCUT2D eigenvalue weighted by molar-refractivity contribution is -0.0171. The minimum Gasteiger partial charge on any atom is -0.375 e. The predicted octanol–water partition coefficient (Wildman–Crippen LogP) is 1.94. The van der Waals surface area contributed by atoms with Crippen molar-refractivity contribution in [3.05, 3.63) is 22.3 Å². The molecule has 5 heteroatoms. The molecular weight excluding hydrogens is 270 g/mol. The standard InChI is InChI=1S/C11H12BrN3O/c1-11(16-2)6-15(7-11)10-3-8(4-13)9(12)5-14-10/h3,5H,6-7H2,1-2H3. The summed E-state index contributed by atoms with van der Waals surface area (Å²) >= 11 is 3.29. The zero-order valence-electron chi connectivity index (χ0n) is 9.20. The summed E-state index contributed by atoms with van der Waals surface area (Å²) in [5.74, 6) is 0.828. The third kappa shape index (κ3) is 1.91. The zero-order valence-corrected chi connectivity index (χ0v) is 10.8. The number of ether oxygens (including phenoxy) is 1. The molecule has 2 heterocycles. The van der Waals surface area contributed by atoms with Crippen LogP contribution >= 0.6 is 15.9 Å². The van der Waals surface area contributed by atoms with E-state index in [9.17, 15) is 0 Å². The number of anilines is 1. The molecule has 0 amide bonds. The highest BCUT2D eigenvalue weighted by Crippen LogP contribution is 2.29. The molecule has 0 bridgehead atoms. The first kappa shape index (κ1) is 11.4. The minimum absolute atomic E-state index is 0.0818. The summed E-state index contributed by atoms with van der Waals surface area (Å²) in [6.45, 7) is 3.68. The summed E-state index contributed by atoms with van der Waals surface area (Å²) in [5, 5.41) is 8.91. The zero-order chi connectivity index (χ0) is 11.8. The average molecular weight is 282 g/mol. The van der Waals surface area contributed by atoms with Crippen molar-refractivity contribution in [1.82, 2.24) is 4.98 Å². The van der Waals surface area contributed by atoms with E-state index in [1.54, 1.807) is 19.4 Å². The van der Waals surface area contributed by atoms with Gasteiger partial charge >= 0.3 is 0 Å². The van der Waals surface area contributed by atoms with Gasteiger partial charge in [-0.15, -0.1) is 0 Å². The Bertz CT molecular complexity index is 449. The van der Waals surface area contributed by atoms with E-state index in [2.05, 4.69) is 38.8 Å². The summed E-state index contributed by atoms with van der Waals surface area (Å²) < 4.78 is 6.09. The molecule has 84 valence electrons. The van der Waals surface area contributed by atoms with Crippen LogP contribution < -0.4 is 4.90 Å². The highest BCUT2D eigenvalue weighted by Gasteiger charge is 2.39. The second-order valence-electron chi connectivity index (χ2n) is 4.14. The van der Waals surface area contributed by atoms with Crippen LogP contribution in [0.4, 0.5) is 5.82 Å². The van der Waals surface area contributed by atoms with E-state index in [4.69, 9.17) is 10.00 Å². The number of rotatable bonds is 2. The SMILES string of the molecule is COC1(C)CN(c2cc(C#N)c(Br)cn2)C1. The largest absolute Gasteiger partial charge is 0.375 e. The third-order valence-corrected chi connectivity index (χ3v) is 3.46. The fraction of sp³-hybridized carbons (Fsp3) is 0.455. The monoisotopic (exact) mass is 281 g/mol. The fourth-order valence-corrected chi connectivity index (χ4v) is 2.04. The topological polar surface area (TPSA) is 49.1 Å². The van der Waals surface area contributed by atoms with Gasteiger partial charge in [0.15, 0.2) is 0 Å². The number of hydrogen-bond acceptors (Lipinski definition) is 4. The van der Waals surface area contributed by atoms with Crippen molar-refractivity contribution in [2.24, 2.45) is 0 Å². The fourth-order valence-electron chi connectivity index (χ4n) is 1.74. The molecule has 1 aromatic rings. The van der Waals surface area contributed by atoms with E-state index in [-0.39, 0.29) is 5.60 Å². The quantitative estimate of drug-likeness (QED) is 0.831. The molecule has 0 aromatic carbocycles. The number of methoxy groups -OCH3 is 1. The second-order valence-corrected chi connectivity index (χ2v) is 5.00. The highest BCUT2D eigenvalue weighted by atomic mass is 79.9. The lowest BCUT2D eigenvalue weighted by Crippen LogP contribution is -2.61. The molecule has 1 aromatic heterocycles. The Morgan fingerprint density at radius 1 is 1.62 bits per heavy atom. The Balaban J connectivity index is 2.16. The molecule has 1 aliphatic rings. The smallest absolute Gasteiger partial charge is 0.130 e. The molecule has 2 rings (SSSR count). The second kappa shape index (κ2) is 4.04. The van der Waals surface area contributed by atoms with Crippen LogP contribution in [-0.2, 0) is 4.74 Å². The van der Waals surface area contributed by atoms with E-state index in [0.29, 0.717) is 5.56 Å². The van der Waals surface area contributed by atoms with Gasteiger partial charge in [0, 0.05) is 26.4 Å². The van der Waals surface area contributed by atoms with Gasteiger partial charge in [-0.2, -0.15) is 5.26 Å². The number of halogens is 1. The van der Waals surface area contributed by atoms with Crippen LogP contribution in [0.3, 0.4) is 0 Å². The first-order chi connectivity index (χ1) is 7.58. The Morgan fingerprint density at radius 2 is 2.31 bits per heavy atom. The van der Waals surface area contributed by atoms with Crippen LogP contribution in [0.15, 0.2) is 16.7 Å². The molecule has 0 spiro atoms. The normalized spacial score (nSPS) is 17.8. The van der Waals surface area contributed by atoms with Crippen LogP contribution in [0.2, 0.25) is 0 Å². The van der Waals surface area contributed by atoms with Crippen LogP contribution in [0.1, 0.15) is 12.5 Å². The van der Waals surface area contributed by atoms with Crippen molar-refractivity contribution in [3.8, 4) is 6.07 Å². The summed E-state index contributed by atoms with van der Waals surface area (Å²) in [5.41, 5.74) is 0.526. The Hall–Kier alpha value is -1.12. The third-order valence-electron chi connectivity index (χ3n) is 2.83. The highest BCUT2D eigenvalue weighted by molar-refractivity contribution is 9.10. The summed E-state index contributed by atoms with van der Waals surface area (Å²) in [6.07, 6.45) is 1.66. The first-order valence-electron chi connectivity index (χ1n) is 4.94. The average Bonchev–Trinajstić information content (AvgIpc) is 2.26. The number of nitriles is 1. The molecule has 1 aliphatic heterocycles. The molecule has 0 aliphatic carbocycles. The van der Waals surface area contributed by atoms with Gasteiger partial charge < -0.3 is 9.64 Å². The van der Waals surface area contributed by atoms with Crippen LogP contribution in [0, 0.1) is 11.3 Å². The van der Waals surface area contributed by atoms with Gasteiger partial charge in [-0.3, -0.25) is 0 Å². The number of nitrogens with zero attached hydrogens (tertiary/aromatic N) is 3. The molecule has 0 saturated carbocycles. The number of aromatic nitrogens is 1. The molecule has 4 nitrogen and oxygen atoms in total. The van der Waals surface area contributed by atoms with E-state index < -0.39 is 0 Å². The van der Waals surface area contributed by atoms with Gasteiger partial charge in [-0.1, -0.05) is 0 Å². The van der Waals surface area contributed by atoms with Crippen molar-refractivity contribution in [3.63, 3.8) is 0 Å². The molecule has 0 N–H and O–H groups in total. The summed E-state index contributed by atoms with van der Waals surface area (Å²) in [6, 6.07) is 3.92. The van der Waals surface area contributed by atoms with E-state index in [1.807, 2.05) is 0 Å². The van der Waals surface area contributed by atoms with E-state index >= 15 is 0 Å². The van der Waals surface area contributed by atoms with Crippen molar-refractivity contribution < 1.29 is 4.74 Å². The molecule has 1 saturated heterocycles. The Morgan fingerprint density at radius 3 is 2.88 bits per heavy atom. The van der Waals surface area contributed by atoms with Crippen molar-refractivity contribution >= 4 is 21.7 Å².